The zero-order valence-electron chi connectivity index (χ0n) is 13.5. The third kappa shape index (κ3) is 4.89. The Bertz CT molecular complexity index is 476. The molecule has 1 aliphatic carbocycles. The summed E-state index contributed by atoms with van der Waals surface area (Å²) < 4.78 is 12.6. The van der Waals surface area contributed by atoms with Gasteiger partial charge in [0, 0.05) is 12.1 Å². The largest absolute Gasteiger partial charge is 0.493 e. The van der Waals surface area contributed by atoms with Crippen LogP contribution in [0, 0.1) is 0 Å². The maximum atomic E-state index is 6.14. The SMILES string of the molecule is COc1cc(CNC(C)(C)C)cc(Br)c1OC1CCCC1. The third-order valence-corrected chi connectivity index (χ3v) is 4.29. The van der Waals surface area contributed by atoms with E-state index in [0.717, 1.165) is 35.4 Å². The number of benzene rings is 1. The molecule has 4 heteroatoms. The zero-order valence-corrected chi connectivity index (χ0v) is 15.0. The van der Waals surface area contributed by atoms with Gasteiger partial charge in [0.2, 0.25) is 0 Å². The number of hydrogen-bond donors (Lipinski definition) is 1. The number of halogens is 1. The Labute approximate surface area is 136 Å². The number of rotatable bonds is 5. The number of hydrogen-bond acceptors (Lipinski definition) is 3. The maximum absolute atomic E-state index is 6.14. The lowest BCUT2D eigenvalue weighted by Gasteiger charge is -2.22. The average Bonchev–Trinajstić information content (AvgIpc) is 2.91. The Kier molecular flexibility index (Phi) is 5.55. The highest BCUT2D eigenvalue weighted by molar-refractivity contribution is 9.10. The van der Waals surface area contributed by atoms with Gasteiger partial charge < -0.3 is 14.8 Å². The first-order valence-corrected chi connectivity index (χ1v) is 8.46. The third-order valence-electron chi connectivity index (χ3n) is 3.70. The van der Waals surface area contributed by atoms with Crippen molar-refractivity contribution in [1.82, 2.24) is 5.32 Å². The lowest BCUT2D eigenvalue weighted by atomic mass is 10.1. The molecule has 0 unspecified atom stereocenters. The Morgan fingerprint density at radius 1 is 1.24 bits per heavy atom. The molecule has 0 radical (unpaired) electrons. The van der Waals surface area contributed by atoms with Gasteiger partial charge in [-0.25, -0.2) is 0 Å². The molecule has 0 amide bonds. The average molecular weight is 356 g/mol. The van der Waals surface area contributed by atoms with Crippen LogP contribution in [0.25, 0.3) is 0 Å². The van der Waals surface area contributed by atoms with E-state index in [0.29, 0.717) is 6.10 Å². The number of nitrogens with one attached hydrogen (secondary N) is 1. The second kappa shape index (κ2) is 7.01. The summed E-state index contributed by atoms with van der Waals surface area (Å²) in [5, 5.41) is 3.49. The van der Waals surface area contributed by atoms with Gasteiger partial charge in [0.05, 0.1) is 17.7 Å². The van der Waals surface area contributed by atoms with Crippen molar-refractivity contribution in [3.63, 3.8) is 0 Å². The molecule has 1 N–H and O–H groups in total. The van der Waals surface area contributed by atoms with Crippen molar-refractivity contribution in [2.75, 3.05) is 7.11 Å². The van der Waals surface area contributed by atoms with Gasteiger partial charge in [-0.2, -0.15) is 0 Å². The Morgan fingerprint density at radius 2 is 1.90 bits per heavy atom. The summed E-state index contributed by atoms with van der Waals surface area (Å²) in [6, 6.07) is 4.18. The van der Waals surface area contributed by atoms with Gasteiger partial charge in [0.25, 0.3) is 0 Å². The molecule has 118 valence electrons. The smallest absolute Gasteiger partial charge is 0.175 e. The highest BCUT2D eigenvalue weighted by atomic mass is 79.9. The molecule has 1 saturated carbocycles. The van der Waals surface area contributed by atoms with Gasteiger partial charge in [0.1, 0.15) is 0 Å². The summed E-state index contributed by atoms with van der Waals surface area (Å²) in [4.78, 5) is 0. The zero-order chi connectivity index (χ0) is 15.5. The topological polar surface area (TPSA) is 30.5 Å². The molecule has 1 aromatic carbocycles. The van der Waals surface area contributed by atoms with Crippen LogP contribution in [0.5, 0.6) is 11.5 Å². The normalized spacial score (nSPS) is 16.2. The summed E-state index contributed by atoms with van der Waals surface area (Å²) in [5.41, 5.74) is 1.28. The van der Waals surface area contributed by atoms with Crippen LogP contribution in [-0.2, 0) is 6.54 Å². The van der Waals surface area contributed by atoms with Gasteiger partial charge in [-0.1, -0.05) is 0 Å². The molecule has 1 aliphatic rings. The molecule has 21 heavy (non-hydrogen) atoms. The van der Waals surface area contributed by atoms with Crippen LogP contribution in [0.2, 0.25) is 0 Å². The molecule has 0 aliphatic heterocycles. The van der Waals surface area contributed by atoms with E-state index in [1.54, 1.807) is 7.11 Å². The van der Waals surface area contributed by atoms with E-state index >= 15 is 0 Å². The fourth-order valence-corrected chi connectivity index (χ4v) is 3.11. The van der Waals surface area contributed by atoms with Crippen LogP contribution in [0.3, 0.4) is 0 Å². The second-order valence-electron chi connectivity index (χ2n) is 6.74. The predicted molar refractivity (Wildman–Crippen MR) is 90.2 cm³/mol. The lowest BCUT2D eigenvalue weighted by Crippen LogP contribution is -2.35. The van der Waals surface area contributed by atoms with Gasteiger partial charge in [-0.15, -0.1) is 0 Å². The molecular weight excluding hydrogens is 330 g/mol. The van der Waals surface area contributed by atoms with Crippen molar-refractivity contribution in [2.24, 2.45) is 0 Å². The molecule has 0 heterocycles. The fraction of sp³-hybridized carbons (Fsp3) is 0.647. The van der Waals surface area contributed by atoms with Crippen LogP contribution < -0.4 is 14.8 Å². The first-order valence-electron chi connectivity index (χ1n) is 7.67. The summed E-state index contributed by atoms with van der Waals surface area (Å²) in [6.45, 7) is 7.30. The highest BCUT2D eigenvalue weighted by Gasteiger charge is 2.21. The van der Waals surface area contributed by atoms with Gasteiger partial charge in [-0.3, -0.25) is 0 Å². The minimum Gasteiger partial charge on any atom is -0.493 e. The molecule has 0 saturated heterocycles. The first kappa shape index (κ1) is 16.6. The van der Waals surface area contributed by atoms with E-state index < -0.39 is 0 Å². The minimum atomic E-state index is 0.0960. The number of ether oxygens (including phenoxy) is 2. The van der Waals surface area contributed by atoms with Gasteiger partial charge in [0.15, 0.2) is 11.5 Å². The Hall–Kier alpha value is -0.740. The van der Waals surface area contributed by atoms with Gasteiger partial charge >= 0.3 is 0 Å². The van der Waals surface area contributed by atoms with E-state index in [2.05, 4.69) is 54.2 Å². The molecule has 0 bridgehead atoms. The lowest BCUT2D eigenvalue weighted by molar-refractivity contribution is 0.199. The van der Waals surface area contributed by atoms with Crippen LogP contribution in [0.4, 0.5) is 0 Å². The summed E-state index contributed by atoms with van der Waals surface area (Å²) in [7, 11) is 1.70. The van der Waals surface area contributed by atoms with Crippen molar-refractivity contribution in [3.05, 3.63) is 22.2 Å². The standard InChI is InChI=1S/C17H26BrNO2/c1-17(2,3)19-11-12-9-14(18)16(15(10-12)20-4)21-13-7-5-6-8-13/h9-10,13,19H,5-8,11H2,1-4H3. The maximum Gasteiger partial charge on any atom is 0.175 e. The van der Waals surface area contributed by atoms with Crippen molar-refractivity contribution in [1.29, 1.82) is 0 Å². The van der Waals surface area contributed by atoms with Crippen LogP contribution in [-0.4, -0.2) is 18.8 Å². The first-order chi connectivity index (χ1) is 9.89. The second-order valence-corrected chi connectivity index (χ2v) is 7.59. The molecule has 0 aromatic heterocycles. The monoisotopic (exact) mass is 355 g/mol. The summed E-state index contributed by atoms with van der Waals surface area (Å²) in [6.07, 6.45) is 5.14. The number of methoxy groups -OCH3 is 1. The molecule has 0 atom stereocenters. The van der Waals surface area contributed by atoms with Crippen LogP contribution >= 0.6 is 15.9 Å². The Morgan fingerprint density at radius 3 is 2.48 bits per heavy atom. The molecular formula is C17H26BrNO2. The molecule has 1 fully saturated rings. The highest BCUT2D eigenvalue weighted by Crippen LogP contribution is 2.39. The predicted octanol–water partition coefficient (Wildman–Crippen LogP) is 4.67. The molecule has 3 nitrogen and oxygen atoms in total. The van der Waals surface area contributed by atoms with E-state index in [1.165, 1.54) is 18.4 Å². The van der Waals surface area contributed by atoms with E-state index in [1.807, 2.05) is 0 Å². The molecule has 2 rings (SSSR count). The van der Waals surface area contributed by atoms with Gasteiger partial charge in [-0.05, 0) is 80.1 Å². The van der Waals surface area contributed by atoms with E-state index in [4.69, 9.17) is 9.47 Å². The van der Waals surface area contributed by atoms with Crippen molar-refractivity contribution >= 4 is 15.9 Å². The molecule has 1 aromatic rings. The molecule has 0 spiro atoms. The van der Waals surface area contributed by atoms with Crippen molar-refractivity contribution in [2.45, 2.75) is 64.6 Å². The van der Waals surface area contributed by atoms with Crippen LogP contribution in [0.15, 0.2) is 16.6 Å². The Balaban J connectivity index is 2.14. The quantitative estimate of drug-likeness (QED) is 0.832. The summed E-state index contributed by atoms with van der Waals surface area (Å²) in [5.74, 6) is 1.64. The van der Waals surface area contributed by atoms with Crippen molar-refractivity contribution < 1.29 is 9.47 Å². The van der Waals surface area contributed by atoms with Crippen molar-refractivity contribution in [3.8, 4) is 11.5 Å². The summed E-state index contributed by atoms with van der Waals surface area (Å²) >= 11 is 3.63. The minimum absolute atomic E-state index is 0.0960. The van der Waals surface area contributed by atoms with Crippen LogP contribution in [0.1, 0.15) is 52.0 Å². The van der Waals surface area contributed by atoms with E-state index in [9.17, 15) is 0 Å². The fourth-order valence-electron chi connectivity index (χ4n) is 2.53. The van der Waals surface area contributed by atoms with E-state index in [-0.39, 0.29) is 5.54 Å².